The molecule has 3 rings (SSSR count). The van der Waals surface area contributed by atoms with Crippen LogP contribution in [0.2, 0.25) is 0 Å². The van der Waals surface area contributed by atoms with Crippen LogP contribution in [0.15, 0.2) is 12.2 Å². The minimum atomic E-state index is -0.666. The molecule has 0 unspecified atom stereocenters. The Morgan fingerprint density at radius 3 is 1.40 bits per heavy atom. The lowest BCUT2D eigenvalue weighted by Crippen LogP contribution is -2.02. The smallest absolute Gasteiger partial charge is 0.307 e. The molecule has 0 aromatic heterocycles. The monoisotopic (exact) mass is 278 g/mol. The van der Waals surface area contributed by atoms with Gasteiger partial charge in [0.1, 0.15) is 0 Å². The first kappa shape index (κ1) is 13.7. The number of carboxylic acid groups (broad SMARTS) is 2. The fourth-order valence-electron chi connectivity index (χ4n) is 4.40. The molecule has 0 bridgehead atoms. The van der Waals surface area contributed by atoms with Crippen LogP contribution in [0.3, 0.4) is 0 Å². The van der Waals surface area contributed by atoms with Crippen molar-refractivity contribution in [2.24, 2.45) is 35.5 Å². The molecule has 0 heterocycles. The number of rotatable bonds is 2. The lowest BCUT2D eigenvalue weighted by Gasteiger charge is -2.01. The first-order valence-corrected chi connectivity index (χ1v) is 7.72. The second kappa shape index (κ2) is 5.23. The maximum absolute atomic E-state index is 11.2. The number of carboxylic acids is 2. The van der Waals surface area contributed by atoms with Crippen LogP contribution in [-0.4, -0.2) is 22.2 Å². The normalized spacial score (nSPS) is 45.0. The van der Waals surface area contributed by atoms with Crippen LogP contribution in [0.5, 0.6) is 0 Å². The molecule has 2 saturated carbocycles. The van der Waals surface area contributed by atoms with Crippen LogP contribution in [0, 0.1) is 35.5 Å². The van der Waals surface area contributed by atoms with Gasteiger partial charge in [-0.05, 0) is 62.2 Å². The maximum atomic E-state index is 11.2. The summed E-state index contributed by atoms with van der Waals surface area (Å²) in [5.74, 6) is -0.475. The zero-order valence-corrected chi connectivity index (χ0v) is 11.6. The molecular formula is C16H22O4. The Balaban J connectivity index is 1.65. The van der Waals surface area contributed by atoms with Crippen LogP contribution in [-0.2, 0) is 9.59 Å². The van der Waals surface area contributed by atoms with E-state index in [1.54, 1.807) is 0 Å². The Hall–Kier alpha value is -1.32. The summed E-state index contributed by atoms with van der Waals surface area (Å²) >= 11 is 0. The predicted octanol–water partition coefficient (Wildman–Crippen LogP) is 2.79. The summed E-state index contributed by atoms with van der Waals surface area (Å²) in [6.45, 7) is 0. The molecule has 0 aromatic carbocycles. The van der Waals surface area contributed by atoms with Crippen molar-refractivity contribution in [1.29, 1.82) is 0 Å². The van der Waals surface area contributed by atoms with Gasteiger partial charge in [0.05, 0.1) is 11.8 Å². The fourth-order valence-corrected chi connectivity index (χ4v) is 4.40. The second-order valence-electron chi connectivity index (χ2n) is 6.59. The number of aliphatic carboxylic acids is 2. The third-order valence-electron chi connectivity index (χ3n) is 5.57. The number of fused-ring (bicyclic) bond motifs is 2. The van der Waals surface area contributed by atoms with Gasteiger partial charge in [0.25, 0.3) is 0 Å². The highest BCUT2D eigenvalue weighted by Crippen LogP contribution is 2.57. The minimum Gasteiger partial charge on any atom is -0.481 e. The molecule has 0 radical (unpaired) electrons. The van der Waals surface area contributed by atoms with Gasteiger partial charge in [0.15, 0.2) is 0 Å². The van der Waals surface area contributed by atoms with Crippen molar-refractivity contribution in [3.8, 4) is 0 Å². The average molecular weight is 278 g/mol. The predicted molar refractivity (Wildman–Crippen MR) is 73.1 cm³/mol. The van der Waals surface area contributed by atoms with Crippen molar-refractivity contribution >= 4 is 11.9 Å². The molecule has 2 N–H and O–H groups in total. The van der Waals surface area contributed by atoms with Crippen LogP contribution in [0.1, 0.15) is 38.5 Å². The first-order chi connectivity index (χ1) is 9.61. The van der Waals surface area contributed by atoms with Gasteiger partial charge < -0.3 is 10.2 Å². The molecule has 0 aliphatic heterocycles. The summed E-state index contributed by atoms with van der Waals surface area (Å²) in [5, 5.41) is 18.4. The molecule has 6 atom stereocenters. The zero-order valence-electron chi connectivity index (χ0n) is 11.6. The molecule has 0 spiro atoms. The standard InChI is InChI=1S/C16H22O4/c17-15(18)13-9-5-3-1-2-4-6-10-12(8-7-11(9)13)14(10)16(19)20/h1-2,9-14H,3-8H2,(H,17,18)(H,19,20)/b2-1+/t9-,10+,11+,12-,13-,14+. The lowest BCUT2D eigenvalue weighted by atomic mass is 10.0. The fraction of sp³-hybridized carbons (Fsp3) is 0.750. The Kier molecular flexibility index (Phi) is 3.57. The molecule has 110 valence electrons. The Morgan fingerprint density at radius 1 is 0.700 bits per heavy atom. The highest BCUT2D eigenvalue weighted by molar-refractivity contribution is 5.75. The van der Waals surface area contributed by atoms with Gasteiger partial charge >= 0.3 is 11.9 Å². The summed E-state index contributed by atoms with van der Waals surface area (Å²) in [7, 11) is 0. The minimum absolute atomic E-state index is 0.176. The topological polar surface area (TPSA) is 74.6 Å². The van der Waals surface area contributed by atoms with Crippen LogP contribution in [0.25, 0.3) is 0 Å². The number of hydrogen-bond donors (Lipinski definition) is 2. The Labute approximate surface area is 118 Å². The summed E-state index contributed by atoms with van der Waals surface area (Å²) < 4.78 is 0. The van der Waals surface area contributed by atoms with E-state index in [0.29, 0.717) is 11.8 Å². The van der Waals surface area contributed by atoms with E-state index in [4.69, 9.17) is 0 Å². The second-order valence-corrected chi connectivity index (χ2v) is 6.59. The number of carbonyl (C=O) groups is 2. The summed E-state index contributed by atoms with van der Waals surface area (Å²) in [6.07, 6.45) is 9.94. The van der Waals surface area contributed by atoms with Crippen molar-refractivity contribution < 1.29 is 19.8 Å². The molecule has 0 saturated heterocycles. The molecule has 3 aliphatic rings. The average Bonchev–Trinajstić information content (AvgIpc) is 3.22. The number of allylic oxidation sites excluding steroid dienone is 2. The number of hydrogen-bond acceptors (Lipinski definition) is 2. The van der Waals surface area contributed by atoms with Gasteiger partial charge in [-0.1, -0.05) is 12.2 Å². The van der Waals surface area contributed by atoms with Crippen molar-refractivity contribution in [3.63, 3.8) is 0 Å². The molecule has 4 nitrogen and oxygen atoms in total. The molecular weight excluding hydrogens is 256 g/mol. The van der Waals surface area contributed by atoms with Crippen molar-refractivity contribution in [1.82, 2.24) is 0 Å². The van der Waals surface area contributed by atoms with Gasteiger partial charge in [-0.2, -0.15) is 0 Å². The van der Waals surface area contributed by atoms with Gasteiger partial charge in [-0.25, -0.2) is 0 Å². The van der Waals surface area contributed by atoms with E-state index >= 15 is 0 Å². The van der Waals surface area contributed by atoms with Crippen LogP contribution < -0.4 is 0 Å². The van der Waals surface area contributed by atoms with Crippen molar-refractivity contribution in [3.05, 3.63) is 12.2 Å². The van der Waals surface area contributed by atoms with Crippen molar-refractivity contribution in [2.75, 3.05) is 0 Å². The molecule has 4 heteroatoms. The molecule has 3 aliphatic carbocycles. The van der Waals surface area contributed by atoms with E-state index in [2.05, 4.69) is 12.2 Å². The lowest BCUT2D eigenvalue weighted by molar-refractivity contribution is -0.140. The van der Waals surface area contributed by atoms with Gasteiger partial charge in [0.2, 0.25) is 0 Å². The molecule has 20 heavy (non-hydrogen) atoms. The summed E-state index contributed by atoms with van der Waals surface area (Å²) in [5.41, 5.74) is 0. The van der Waals surface area contributed by atoms with E-state index in [-0.39, 0.29) is 23.7 Å². The zero-order chi connectivity index (χ0) is 14.3. The largest absolute Gasteiger partial charge is 0.481 e. The van der Waals surface area contributed by atoms with Crippen molar-refractivity contribution in [2.45, 2.75) is 38.5 Å². The van der Waals surface area contributed by atoms with Gasteiger partial charge in [-0.3, -0.25) is 9.59 Å². The van der Waals surface area contributed by atoms with Crippen LogP contribution >= 0.6 is 0 Å². The Morgan fingerprint density at radius 2 is 1.05 bits per heavy atom. The SMILES string of the molecule is O=C(O)[C@@H]1[C@@H]2CC[C@H]3[C@@H](CC/C=C/CC[C@@H]21)[C@H]3C(=O)O. The molecule has 0 aromatic rings. The van der Waals surface area contributed by atoms with E-state index in [1.807, 2.05) is 0 Å². The molecule has 2 fully saturated rings. The van der Waals surface area contributed by atoms with E-state index < -0.39 is 11.9 Å². The van der Waals surface area contributed by atoms with E-state index in [0.717, 1.165) is 38.5 Å². The molecule has 0 amide bonds. The van der Waals surface area contributed by atoms with E-state index in [1.165, 1.54) is 0 Å². The summed E-state index contributed by atoms with van der Waals surface area (Å²) in [6, 6.07) is 0. The van der Waals surface area contributed by atoms with E-state index in [9.17, 15) is 19.8 Å². The van der Waals surface area contributed by atoms with Gasteiger partial charge in [0, 0.05) is 0 Å². The van der Waals surface area contributed by atoms with Crippen LogP contribution in [0.4, 0.5) is 0 Å². The third kappa shape index (κ3) is 2.48. The highest BCUT2D eigenvalue weighted by atomic mass is 16.4. The summed E-state index contributed by atoms with van der Waals surface area (Å²) in [4.78, 5) is 22.4. The Bertz CT molecular complexity index is 402. The highest BCUT2D eigenvalue weighted by Gasteiger charge is 2.57. The van der Waals surface area contributed by atoms with Gasteiger partial charge in [-0.15, -0.1) is 0 Å². The third-order valence-corrected chi connectivity index (χ3v) is 5.57. The first-order valence-electron chi connectivity index (χ1n) is 7.72. The quantitative estimate of drug-likeness (QED) is 0.762. The maximum Gasteiger partial charge on any atom is 0.307 e.